The van der Waals surface area contributed by atoms with E-state index in [4.69, 9.17) is 11.6 Å². The van der Waals surface area contributed by atoms with Crippen molar-refractivity contribution in [3.63, 3.8) is 0 Å². The first-order valence-corrected chi connectivity index (χ1v) is 7.28. The van der Waals surface area contributed by atoms with Gasteiger partial charge in [0.15, 0.2) is 0 Å². The minimum atomic E-state index is -0.0318. The van der Waals surface area contributed by atoms with Crippen molar-refractivity contribution in [2.45, 2.75) is 32.7 Å². The molecule has 98 valence electrons. The highest BCUT2D eigenvalue weighted by Crippen LogP contribution is 2.31. The highest BCUT2D eigenvalue weighted by molar-refractivity contribution is 9.10. The molecule has 1 saturated carbocycles. The summed E-state index contributed by atoms with van der Waals surface area (Å²) < 4.78 is 0.769. The molecule has 1 aliphatic carbocycles. The van der Waals surface area contributed by atoms with Crippen LogP contribution in [0.15, 0.2) is 16.7 Å². The Kier molecular flexibility index (Phi) is 4.28. The van der Waals surface area contributed by atoms with Crippen LogP contribution in [0, 0.1) is 5.92 Å². The Balaban J connectivity index is 2.23. The van der Waals surface area contributed by atoms with Gasteiger partial charge in [-0.15, -0.1) is 0 Å². The topological polar surface area (TPSA) is 33.2 Å². The van der Waals surface area contributed by atoms with Crippen molar-refractivity contribution in [1.29, 1.82) is 0 Å². The Labute approximate surface area is 121 Å². The normalized spacial score (nSPS) is 14.9. The van der Waals surface area contributed by atoms with Crippen molar-refractivity contribution in [2.24, 2.45) is 5.92 Å². The number of aromatic nitrogens is 1. The molecular formula is C13H16BrClN2O. The van der Waals surface area contributed by atoms with E-state index in [1.807, 2.05) is 18.7 Å². The van der Waals surface area contributed by atoms with Crippen molar-refractivity contribution < 1.29 is 4.79 Å². The Bertz CT molecular complexity index is 460. The van der Waals surface area contributed by atoms with Gasteiger partial charge in [0.2, 0.25) is 0 Å². The summed E-state index contributed by atoms with van der Waals surface area (Å²) in [4.78, 5) is 18.4. The number of nitrogens with zero attached hydrogens (tertiary/aromatic N) is 2. The maximum Gasteiger partial charge on any atom is 0.257 e. The van der Waals surface area contributed by atoms with E-state index in [1.165, 1.54) is 12.8 Å². The average Bonchev–Trinajstić information content (AvgIpc) is 3.12. The standard InChI is InChI=1S/C13H16BrClN2O/c1-8(2)17(7-9-3-4-9)13(18)11-5-10(14)6-16-12(11)15/h5-6,8-9H,3-4,7H2,1-2H3. The van der Waals surface area contributed by atoms with E-state index >= 15 is 0 Å². The molecule has 1 aromatic rings. The summed E-state index contributed by atoms with van der Waals surface area (Å²) in [5.74, 6) is 0.630. The molecule has 0 N–H and O–H groups in total. The molecule has 5 heteroatoms. The molecule has 1 aliphatic rings. The third-order valence-corrected chi connectivity index (χ3v) is 3.81. The van der Waals surface area contributed by atoms with E-state index in [0.717, 1.165) is 11.0 Å². The van der Waals surface area contributed by atoms with E-state index in [-0.39, 0.29) is 17.1 Å². The summed E-state index contributed by atoms with van der Waals surface area (Å²) in [6.45, 7) is 4.87. The third kappa shape index (κ3) is 3.23. The molecule has 0 spiro atoms. The number of halogens is 2. The zero-order chi connectivity index (χ0) is 13.3. The number of amides is 1. The van der Waals surface area contributed by atoms with Gasteiger partial charge in [0, 0.05) is 23.3 Å². The van der Waals surface area contributed by atoms with Crippen molar-refractivity contribution in [3.05, 3.63) is 27.5 Å². The van der Waals surface area contributed by atoms with Gasteiger partial charge >= 0.3 is 0 Å². The number of hydrogen-bond donors (Lipinski definition) is 0. The number of carbonyl (C=O) groups is 1. The van der Waals surface area contributed by atoms with E-state index in [2.05, 4.69) is 20.9 Å². The summed E-state index contributed by atoms with van der Waals surface area (Å²) in [6.07, 6.45) is 4.04. The minimum Gasteiger partial charge on any atom is -0.336 e. The van der Waals surface area contributed by atoms with Crippen LogP contribution in [0.2, 0.25) is 5.15 Å². The molecule has 1 fully saturated rings. The Morgan fingerprint density at radius 3 is 2.83 bits per heavy atom. The largest absolute Gasteiger partial charge is 0.336 e. The molecule has 3 nitrogen and oxygen atoms in total. The van der Waals surface area contributed by atoms with Gasteiger partial charge in [-0.3, -0.25) is 4.79 Å². The summed E-state index contributed by atoms with van der Waals surface area (Å²) in [6, 6.07) is 1.91. The van der Waals surface area contributed by atoms with Crippen molar-refractivity contribution >= 4 is 33.4 Å². The highest BCUT2D eigenvalue weighted by Gasteiger charge is 2.29. The second-order valence-electron chi connectivity index (χ2n) is 4.99. The first kappa shape index (κ1) is 13.8. The van der Waals surface area contributed by atoms with Gasteiger partial charge in [0.25, 0.3) is 5.91 Å². The van der Waals surface area contributed by atoms with Gasteiger partial charge < -0.3 is 4.90 Å². The summed E-state index contributed by atoms with van der Waals surface area (Å²) in [5.41, 5.74) is 0.473. The van der Waals surface area contributed by atoms with Crippen LogP contribution in [-0.2, 0) is 0 Å². The molecule has 1 amide bonds. The fourth-order valence-electron chi connectivity index (χ4n) is 1.83. The average molecular weight is 332 g/mol. The highest BCUT2D eigenvalue weighted by atomic mass is 79.9. The molecule has 0 radical (unpaired) electrons. The summed E-state index contributed by atoms with van der Waals surface area (Å²) >= 11 is 9.33. The minimum absolute atomic E-state index is 0.0318. The molecule has 0 aromatic carbocycles. The maximum absolute atomic E-state index is 12.5. The Hall–Kier alpha value is -0.610. The number of rotatable bonds is 4. The van der Waals surface area contributed by atoms with E-state index in [0.29, 0.717) is 11.5 Å². The van der Waals surface area contributed by atoms with Crippen LogP contribution in [0.4, 0.5) is 0 Å². The van der Waals surface area contributed by atoms with Crippen molar-refractivity contribution in [2.75, 3.05) is 6.54 Å². The van der Waals surface area contributed by atoms with Gasteiger partial charge in [-0.2, -0.15) is 0 Å². The Morgan fingerprint density at radius 1 is 1.61 bits per heavy atom. The van der Waals surface area contributed by atoms with Crippen LogP contribution in [0.3, 0.4) is 0 Å². The first-order chi connectivity index (χ1) is 8.49. The van der Waals surface area contributed by atoms with Crippen LogP contribution in [0.5, 0.6) is 0 Å². The van der Waals surface area contributed by atoms with Gasteiger partial charge in [-0.05, 0) is 54.6 Å². The molecule has 1 aromatic heterocycles. The lowest BCUT2D eigenvalue weighted by Gasteiger charge is -2.27. The molecule has 1 heterocycles. The first-order valence-electron chi connectivity index (χ1n) is 6.11. The van der Waals surface area contributed by atoms with Gasteiger partial charge in [-0.25, -0.2) is 4.98 Å². The molecular weight excluding hydrogens is 316 g/mol. The number of hydrogen-bond acceptors (Lipinski definition) is 2. The van der Waals surface area contributed by atoms with Gasteiger partial charge in [0.05, 0.1) is 5.56 Å². The van der Waals surface area contributed by atoms with Gasteiger partial charge in [-0.1, -0.05) is 11.6 Å². The fourth-order valence-corrected chi connectivity index (χ4v) is 2.35. The summed E-state index contributed by atoms with van der Waals surface area (Å²) in [7, 11) is 0. The predicted molar refractivity (Wildman–Crippen MR) is 75.8 cm³/mol. The number of carbonyl (C=O) groups excluding carboxylic acids is 1. The SMILES string of the molecule is CC(C)N(CC1CC1)C(=O)c1cc(Br)cnc1Cl. The van der Waals surface area contributed by atoms with Crippen LogP contribution >= 0.6 is 27.5 Å². The van der Waals surface area contributed by atoms with Crippen LogP contribution in [0.1, 0.15) is 37.0 Å². The van der Waals surface area contributed by atoms with Crippen molar-refractivity contribution in [1.82, 2.24) is 9.88 Å². The zero-order valence-electron chi connectivity index (χ0n) is 10.5. The predicted octanol–water partition coefficient (Wildman–Crippen LogP) is 3.76. The molecule has 0 bridgehead atoms. The van der Waals surface area contributed by atoms with Gasteiger partial charge in [0.1, 0.15) is 5.15 Å². The molecule has 0 aliphatic heterocycles. The fraction of sp³-hybridized carbons (Fsp3) is 0.538. The lowest BCUT2D eigenvalue weighted by atomic mass is 10.2. The zero-order valence-corrected chi connectivity index (χ0v) is 12.8. The second kappa shape index (κ2) is 5.57. The molecule has 18 heavy (non-hydrogen) atoms. The lowest BCUT2D eigenvalue weighted by molar-refractivity contribution is 0.0696. The molecule has 2 rings (SSSR count). The van der Waals surface area contributed by atoms with Crippen LogP contribution < -0.4 is 0 Å². The van der Waals surface area contributed by atoms with E-state index in [9.17, 15) is 4.79 Å². The van der Waals surface area contributed by atoms with E-state index in [1.54, 1.807) is 12.3 Å². The monoisotopic (exact) mass is 330 g/mol. The maximum atomic E-state index is 12.5. The lowest BCUT2D eigenvalue weighted by Crippen LogP contribution is -2.38. The van der Waals surface area contributed by atoms with Crippen LogP contribution in [0.25, 0.3) is 0 Å². The quantitative estimate of drug-likeness (QED) is 0.787. The third-order valence-electron chi connectivity index (χ3n) is 3.07. The summed E-state index contributed by atoms with van der Waals surface area (Å²) in [5, 5.41) is 0.268. The smallest absolute Gasteiger partial charge is 0.257 e. The molecule has 0 saturated heterocycles. The molecule has 0 atom stereocenters. The van der Waals surface area contributed by atoms with E-state index < -0.39 is 0 Å². The molecule has 0 unspecified atom stereocenters. The number of pyridine rings is 1. The Morgan fingerprint density at radius 2 is 2.28 bits per heavy atom. The van der Waals surface area contributed by atoms with Crippen molar-refractivity contribution in [3.8, 4) is 0 Å². The van der Waals surface area contributed by atoms with Crippen LogP contribution in [-0.4, -0.2) is 28.4 Å². The second-order valence-corrected chi connectivity index (χ2v) is 6.26.